The van der Waals surface area contributed by atoms with Gasteiger partial charge >= 0.3 is 78.6 Å². The number of fused-ring (bicyclic) bond motifs is 3. The number of esters is 8. The van der Waals surface area contributed by atoms with E-state index in [0.29, 0.717) is 44.1 Å². The van der Waals surface area contributed by atoms with E-state index in [1.165, 1.54) is 26.7 Å². The summed E-state index contributed by atoms with van der Waals surface area (Å²) in [5, 5.41) is 19.6. The third kappa shape index (κ3) is 29.2. The van der Waals surface area contributed by atoms with Gasteiger partial charge < -0.3 is 62.3 Å². The average molecular weight is 1670 g/mol. The monoisotopic (exact) mass is 1670 g/mol. The predicted octanol–water partition coefficient (Wildman–Crippen LogP) is 17.7. The first-order chi connectivity index (χ1) is 50.5. The van der Waals surface area contributed by atoms with Gasteiger partial charge in [0, 0.05) is 18.3 Å². The molecule has 0 radical (unpaired) electrons. The van der Waals surface area contributed by atoms with Crippen molar-refractivity contribution in [2.24, 2.45) is 55.7 Å². The number of halogens is 15. The van der Waals surface area contributed by atoms with Crippen LogP contribution in [0.2, 0.25) is 0 Å². The van der Waals surface area contributed by atoms with Crippen LogP contribution in [-0.2, 0) is 90.5 Å². The number of cyclic esters (lactones) is 1. The Hall–Kier alpha value is -5.49. The second kappa shape index (κ2) is 39.4. The maximum absolute atomic E-state index is 13.3. The number of hydrogen-bond donors (Lipinski definition) is 2. The quantitative estimate of drug-likeness (QED) is 0.0651. The fourth-order valence-electron chi connectivity index (χ4n) is 10.8. The standard InChI is InChI=1S/C18H25F9O4.C16H30O2.C15H22O7.C10H16O4.2C9H15F3O2/c1-5-13(2,3)12(28)31-11-7-9(14(4,29)16(19,20)21)6-10(8-11)15(30,17(22,23)24)18(25,26)27;1-7-16(5,6)14(17)18-13-10-8-12(9-11-13)15(2,3)4;1-6-14(2,3)13(17)20-9-7-8(18-11(9)16)10-12(19-7)22-15(4,5)21-10;1-4-10(2,3)9(12)14-7-5-6-13-8(7)11;2*1-5-8(3,4)7(13)14-6(2)9(10,11)12/h9-11,29-30H,5-8H2,1-4H3;12-13H,7-11H2,1-6H3;7-10,12H,6H2,1-5H3;7H,4-6H2,1-3H3;2*6H,5H2,1-4H3. The summed E-state index contributed by atoms with van der Waals surface area (Å²) in [6.45, 7) is 43.6. The Kier molecular flexibility index (Phi) is 36.8. The molecule has 12 unspecified atom stereocenters. The molecule has 662 valence electrons. The minimum Gasteiger partial charge on any atom is -0.463 e. The second-order valence-electron chi connectivity index (χ2n) is 35.0. The lowest BCUT2D eigenvalue weighted by atomic mass is 9.66. The van der Waals surface area contributed by atoms with E-state index in [4.69, 9.17) is 42.6 Å². The molecule has 0 aromatic carbocycles. The van der Waals surface area contributed by atoms with Crippen molar-refractivity contribution in [2.75, 3.05) is 6.61 Å². The first kappa shape index (κ1) is 106. The largest absolute Gasteiger partial charge is 0.463 e. The van der Waals surface area contributed by atoms with Crippen LogP contribution in [0, 0.1) is 55.7 Å². The zero-order valence-electron chi connectivity index (χ0n) is 69.9. The zero-order valence-corrected chi connectivity index (χ0v) is 69.9. The van der Waals surface area contributed by atoms with E-state index < -0.39 is 197 Å². The summed E-state index contributed by atoms with van der Waals surface area (Å²) in [5.74, 6) is -9.55. The van der Waals surface area contributed by atoms with Gasteiger partial charge in [-0.05, 0) is 213 Å². The topological polar surface area (TPSA) is 279 Å². The molecule has 0 aromatic heterocycles. The van der Waals surface area contributed by atoms with Gasteiger partial charge in [0.2, 0.25) is 12.2 Å². The van der Waals surface area contributed by atoms with Gasteiger partial charge in [-0.1, -0.05) is 62.3 Å². The third-order valence-corrected chi connectivity index (χ3v) is 22.2. The lowest BCUT2D eigenvalue weighted by Crippen LogP contribution is -2.64. The number of hydrogen-bond acceptors (Lipinski definition) is 21. The molecule has 4 heterocycles. The van der Waals surface area contributed by atoms with Crippen LogP contribution in [0.5, 0.6) is 0 Å². The van der Waals surface area contributed by atoms with E-state index in [2.05, 4.69) is 30.2 Å². The van der Waals surface area contributed by atoms with Gasteiger partial charge in [-0.2, -0.15) is 65.9 Å². The van der Waals surface area contributed by atoms with Crippen LogP contribution in [0.25, 0.3) is 0 Å². The second-order valence-corrected chi connectivity index (χ2v) is 35.0. The Balaban J connectivity index is 0.000000698. The molecule has 2 aliphatic carbocycles. The fourth-order valence-corrected chi connectivity index (χ4v) is 10.8. The van der Waals surface area contributed by atoms with Crippen molar-refractivity contribution in [1.29, 1.82) is 0 Å². The Morgan fingerprint density at radius 2 is 0.779 bits per heavy atom. The number of alkyl halides is 15. The van der Waals surface area contributed by atoms with Crippen molar-refractivity contribution in [3.63, 3.8) is 0 Å². The highest BCUT2D eigenvalue weighted by Crippen LogP contribution is 2.56. The molecule has 2 saturated carbocycles. The SMILES string of the molecule is CCC(C)(C)C(=O)OC(C)C(F)(F)F.CCC(C)(C)C(=O)OC(C)C(F)(F)F.CCC(C)(C)C(=O)OC1C(=O)OC2C3OC(C)(C)OC3OC12.CCC(C)(C)C(=O)OC1CC(C(C)(O)C(F)(F)F)CC(C(O)(C(F)(F)F)C(F)(F)F)C1.CCC(C)(C)C(=O)OC1CCC(C(C)(C)C)CC1.CCC(C)(C)C(=O)OC1CCOC1=O. The summed E-state index contributed by atoms with van der Waals surface area (Å²) >= 11 is 0. The maximum Gasteiger partial charge on any atom is 0.426 e. The molecule has 6 rings (SSSR count). The number of carbonyl (C=O) groups excluding carboxylic acids is 8. The van der Waals surface area contributed by atoms with Crippen molar-refractivity contribution in [3.05, 3.63) is 0 Å². The van der Waals surface area contributed by atoms with E-state index in [1.54, 1.807) is 90.0 Å². The van der Waals surface area contributed by atoms with E-state index in [1.807, 2.05) is 34.6 Å². The molecule has 0 spiro atoms. The molecular weight excluding hydrogens is 1550 g/mol. The minimum absolute atomic E-state index is 0.0239. The van der Waals surface area contributed by atoms with Crippen molar-refractivity contribution in [2.45, 2.75) is 379 Å². The summed E-state index contributed by atoms with van der Waals surface area (Å²) in [6.07, 6.45) is -32.2. The van der Waals surface area contributed by atoms with E-state index in [0.717, 1.165) is 39.0 Å². The molecule has 6 fully saturated rings. The number of carbonyl (C=O) groups is 8. The highest BCUT2D eigenvalue weighted by Gasteiger charge is 2.75. The lowest BCUT2D eigenvalue weighted by molar-refractivity contribution is -0.391. The van der Waals surface area contributed by atoms with Crippen molar-refractivity contribution in [1.82, 2.24) is 0 Å². The molecule has 12 atom stereocenters. The first-order valence-electron chi connectivity index (χ1n) is 38.0. The molecule has 36 heteroatoms. The molecule has 4 aliphatic heterocycles. The van der Waals surface area contributed by atoms with Crippen LogP contribution in [0.15, 0.2) is 0 Å². The Labute approximate surface area is 653 Å². The molecule has 21 nitrogen and oxygen atoms in total. The Morgan fingerprint density at radius 3 is 1.12 bits per heavy atom. The number of aliphatic hydroxyl groups is 2. The van der Waals surface area contributed by atoms with Gasteiger partial charge in [0.15, 0.2) is 42.1 Å². The lowest BCUT2D eigenvalue weighted by Gasteiger charge is -2.47. The average Bonchev–Trinajstić information content (AvgIpc) is 1.53. The Morgan fingerprint density at radius 1 is 0.425 bits per heavy atom. The minimum atomic E-state index is -6.28. The van der Waals surface area contributed by atoms with Crippen molar-refractivity contribution in [3.8, 4) is 0 Å². The predicted molar refractivity (Wildman–Crippen MR) is 377 cm³/mol. The molecule has 4 saturated heterocycles. The van der Waals surface area contributed by atoms with Crippen LogP contribution in [0.3, 0.4) is 0 Å². The highest BCUT2D eigenvalue weighted by atomic mass is 19.4. The third-order valence-electron chi connectivity index (χ3n) is 22.2. The molecule has 113 heavy (non-hydrogen) atoms. The highest BCUT2D eigenvalue weighted by molar-refractivity contribution is 5.85. The van der Waals surface area contributed by atoms with Gasteiger partial charge in [0.1, 0.15) is 18.3 Å². The molecule has 0 bridgehead atoms. The molecule has 6 aliphatic rings. The fraction of sp³-hybridized carbons (Fsp3) is 0.896. The molecule has 0 amide bonds. The van der Waals surface area contributed by atoms with Crippen LogP contribution in [0.1, 0.15) is 270 Å². The van der Waals surface area contributed by atoms with Crippen molar-refractivity contribution >= 4 is 47.8 Å². The normalized spacial score (nSPS) is 25.5. The summed E-state index contributed by atoms with van der Waals surface area (Å²) < 4.78 is 249. The molecular formula is C77H123F15O21. The Bertz CT molecular complexity index is 3060. The smallest absolute Gasteiger partial charge is 0.426 e. The summed E-state index contributed by atoms with van der Waals surface area (Å²) in [5.41, 5.74) is -13.1. The molecule has 0 aromatic rings. The van der Waals surface area contributed by atoms with Gasteiger partial charge in [-0.25, -0.2) is 9.59 Å². The van der Waals surface area contributed by atoms with Crippen LogP contribution < -0.4 is 0 Å². The maximum atomic E-state index is 13.3. The number of rotatable bonds is 20. The van der Waals surface area contributed by atoms with Crippen LogP contribution in [-0.4, -0.2) is 174 Å². The summed E-state index contributed by atoms with van der Waals surface area (Å²) in [6, 6.07) is 0. The van der Waals surface area contributed by atoms with Gasteiger partial charge in [-0.15, -0.1) is 0 Å². The van der Waals surface area contributed by atoms with Gasteiger partial charge in [-0.3, -0.25) is 28.8 Å². The number of ether oxygens (including phenoxy) is 11. The first-order valence-corrected chi connectivity index (χ1v) is 38.0. The zero-order chi connectivity index (χ0) is 89.0. The van der Waals surface area contributed by atoms with E-state index in [-0.39, 0.29) is 36.8 Å². The van der Waals surface area contributed by atoms with E-state index in [9.17, 15) is 114 Å². The summed E-state index contributed by atoms with van der Waals surface area (Å²) in [7, 11) is 0. The van der Waals surface area contributed by atoms with Gasteiger partial charge in [0.25, 0.3) is 5.60 Å². The molecule has 2 N–H and O–H groups in total. The van der Waals surface area contributed by atoms with Crippen molar-refractivity contribution < 1.29 is 167 Å². The van der Waals surface area contributed by atoms with Gasteiger partial charge in [0.05, 0.1) is 39.1 Å². The summed E-state index contributed by atoms with van der Waals surface area (Å²) in [4.78, 5) is 93.5. The van der Waals surface area contributed by atoms with Crippen LogP contribution in [0.4, 0.5) is 65.9 Å². The van der Waals surface area contributed by atoms with E-state index >= 15 is 0 Å². The van der Waals surface area contributed by atoms with Crippen LogP contribution >= 0.6 is 0 Å².